The number of alkyl halides is 2. The van der Waals surface area contributed by atoms with Crippen molar-refractivity contribution in [3.8, 4) is 0 Å². The third-order valence-corrected chi connectivity index (χ3v) is 7.13. The Morgan fingerprint density at radius 3 is 2.38 bits per heavy atom. The Balaban J connectivity index is 1.35. The SMILES string of the molecule is C[C@@H](c1nc2ccccc2n1C(F)F)N1CCC(c2nc3ccccc3s2)CC1. The summed E-state index contributed by atoms with van der Waals surface area (Å²) in [7, 11) is 0. The van der Waals surface area contributed by atoms with Crippen LogP contribution in [0.3, 0.4) is 0 Å². The summed E-state index contributed by atoms with van der Waals surface area (Å²) in [6.07, 6.45) is 1.97. The maximum atomic E-state index is 13.8. The minimum absolute atomic E-state index is 0.160. The maximum absolute atomic E-state index is 13.8. The third kappa shape index (κ3) is 3.32. The molecule has 0 amide bonds. The molecule has 1 fully saturated rings. The van der Waals surface area contributed by atoms with Crippen LogP contribution in [0.1, 0.15) is 49.1 Å². The molecule has 1 atom stereocenters. The van der Waals surface area contributed by atoms with Crippen molar-refractivity contribution in [2.24, 2.45) is 0 Å². The van der Waals surface area contributed by atoms with Crippen LogP contribution >= 0.6 is 11.3 Å². The molecule has 0 saturated carbocycles. The summed E-state index contributed by atoms with van der Waals surface area (Å²) in [6, 6.07) is 15.2. The highest BCUT2D eigenvalue weighted by Crippen LogP contribution is 2.37. The van der Waals surface area contributed by atoms with Crippen LogP contribution < -0.4 is 0 Å². The van der Waals surface area contributed by atoms with Gasteiger partial charge in [-0.05, 0) is 57.1 Å². The average molecular weight is 413 g/mol. The van der Waals surface area contributed by atoms with Crippen LogP contribution in [0.5, 0.6) is 0 Å². The lowest BCUT2D eigenvalue weighted by Gasteiger charge is -2.35. The van der Waals surface area contributed by atoms with Gasteiger partial charge in [0.2, 0.25) is 0 Å². The predicted molar refractivity (Wildman–Crippen MR) is 113 cm³/mol. The Labute approximate surface area is 171 Å². The van der Waals surface area contributed by atoms with Crippen molar-refractivity contribution in [3.05, 3.63) is 59.4 Å². The molecule has 2 aromatic heterocycles. The van der Waals surface area contributed by atoms with Gasteiger partial charge in [0.05, 0.1) is 32.3 Å². The van der Waals surface area contributed by atoms with Gasteiger partial charge in [-0.2, -0.15) is 8.78 Å². The van der Waals surface area contributed by atoms with E-state index in [1.807, 2.05) is 25.1 Å². The number of thiazole rings is 1. The number of fused-ring (bicyclic) bond motifs is 2. The molecule has 150 valence electrons. The Hall–Kier alpha value is -2.38. The standard InChI is InChI=1S/C22H22F2N4S/c1-14(20-25-16-6-2-4-8-18(16)28(20)22(23)24)27-12-10-15(11-13-27)21-26-17-7-3-5-9-19(17)29-21/h2-9,14-15,22H,10-13H2,1H3/t14-/m0/s1. The fourth-order valence-corrected chi connectivity index (χ4v) is 5.46. The molecule has 4 nitrogen and oxygen atoms in total. The fourth-order valence-electron chi connectivity index (χ4n) is 4.32. The second-order valence-electron chi connectivity index (χ2n) is 7.61. The molecule has 0 radical (unpaired) electrons. The van der Waals surface area contributed by atoms with Crippen molar-refractivity contribution in [2.75, 3.05) is 13.1 Å². The lowest BCUT2D eigenvalue weighted by Crippen LogP contribution is -2.36. The van der Waals surface area contributed by atoms with E-state index in [-0.39, 0.29) is 6.04 Å². The lowest BCUT2D eigenvalue weighted by molar-refractivity contribution is 0.0623. The monoisotopic (exact) mass is 412 g/mol. The summed E-state index contributed by atoms with van der Waals surface area (Å²) in [4.78, 5) is 11.6. The van der Waals surface area contributed by atoms with Crippen LogP contribution in [0.15, 0.2) is 48.5 Å². The normalized spacial score (nSPS) is 17.5. The first-order chi connectivity index (χ1) is 14.1. The molecule has 0 aliphatic carbocycles. The Bertz CT molecular complexity index is 1110. The van der Waals surface area contributed by atoms with E-state index >= 15 is 0 Å². The second-order valence-corrected chi connectivity index (χ2v) is 8.67. The van der Waals surface area contributed by atoms with Crippen LogP contribution in [0.25, 0.3) is 21.3 Å². The molecule has 0 bridgehead atoms. The minimum Gasteiger partial charge on any atom is -0.294 e. The van der Waals surface area contributed by atoms with E-state index in [0.717, 1.165) is 36.0 Å². The van der Waals surface area contributed by atoms with Gasteiger partial charge in [0.25, 0.3) is 0 Å². The first-order valence-corrected chi connectivity index (χ1v) is 10.8. The zero-order chi connectivity index (χ0) is 20.0. The molecule has 4 aromatic rings. The largest absolute Gasteiger partial charge is 0.320 e. The van der Waals surface area contributed by atoms with Crippen LogP contribution in [0.2, 0.25) is 0 Å². The van der Waals surface area contributed by atoms with E-state index in [1.54, 1.807) is 29.5 Å². The van der Waals surface area contributed by atoms with Crippen LogP contribution in [0, 0.1) is 0 Å². The number of halogens is 2. The number of para-hydroxylation sites is 3. The summed E-state index contributed by atoms with van der Waals surface area (Å²) in [5, 5.41) is 1.19. The van der Waals surface area contributed by atoms with Crippen molar-refractivity contribution in [3.63, 3.8) is 0 Å². The number of nitrogens with zero attached hydrogens (tertiary/aromatic N) is 4. The van der Waals surface area contributed by atoms with Crippen molar-refractivity contribution in [1.82, 2.24) is 19.4 Å². The number of hydrogen-bond donors (Lipinski definition) is 0. The van der Waals surface area contributed by atoms with Gasteiger partial charge in [-0.3, -0.25) is 9.47 Å². The highest BCUT2D eigenvalue weighted by atomic mass is 32.1. The molecule has 3 heterocycles. The first-order valence-electron chi connectivity index (χ1n) is 9.96. The molecule has 2 aromatic carbocycles. The van der Waals surface area contributed by atoms with Crippen LogP contribution in [0.4, 0.5) is 8.78 Å². The second kappa shape index (κ2) is 7.46. The third-order valence-electron chi connectivity index (χ3n) is 5.93. The number of likely N-dealkylation sites (tertiary alicyclic amines) is 1. The zero-order valence-electron chi connectivity index (χ0n) is 16.1. The Morgan fingerprint density at radius 2 is 1.66 bits per heavy atom. The summed E-state index contributed by atoms with van der Waals surface area (Å²) in [5.41, 5.74) is 2.18. The lowest BCUT2D eigenvalue weighted by atomic mass is 9.96. The van der Waals surface area contributed by atoms with Gasteiger partial charge < -0.3 is 0 Å². The summed E-state index contributed by atoms with van der Waals surface area (Å²) < 4.78 is 29.9. The molecule has 1 saturated heterocycles. The molecule has 29 heavy (non-hydrogen) atoms. The van der Waals surface area contributed by atoms with Gasteiger partial charge in [-0.15, -0.1) is 11.3 Å². The van der Waals surface area contributed by atoms with Gasteiger partial charge in [0.1, 0.15) is 5.82 Å². The molecule has 1 aliphatic rings. The summed E-state index contributed by atoms with van der Waals surface area (Å²) >= 11 is 1.77. The van der Waals surface area contributed by atoms with Crippen molar-refractivity contribution in [1.29, 1.82) is 0 Å². The van der Waals surface area contributed by atoms with E-state index in [2.05, 4.69) is 22.0 Å². The molecule has 0 spiro atoms. The van der Waals surface area contributed by atoms with E-state index in [1.165, 1.54) is 9.71 Å². The highest BCUT2D eigenvalue weighted by molar-refractivity contribution is 7.18. The molecular formula is C22H22F2N4S. The van der Waals surface area contributed by atoms with Crippen molar-refractivity contribution < 1.29 is 8.78 Å². The van der Waals surface area contributed by atoms with Gasteiger partial charge in [0, 0.05) is 5.92 Å². The van der Waals surface area contributed by atoms with Gasteiger partial charge in [-0.1, -0.05) is 24.3 Å². The van der Waals surface area contributed by atoms with E-state index < -0.39 is 6.55 Å². The molecule has 0 N–H and O–H groups in total. The quantitative estimate of drug-likeness (QED) is 0.413. The number of rotatable bonds is 4. The summed E-state index contributed by atoms with van der Waals surface area (Å²) in [5.74, 6) is 0.879. The van der Waals surface area contributed by atoms with E-state index in [4.69, 9.17) is 4.98 Å². The fraction of sp³-hybridized carbons (Fsp3) is 0.364. The van der Waals surface area contributed by atoms with E-state index in [9.17, 15) is 8.78 Å². The maximum Gasteiger partial charge on any atom is 0.320 e. The zero-order valence-corrected chi connectivity index (χ0v) is 16.9. The Morgan fingerprint density at radius 1 is 0.966 bits per heavy atom. The molecule has 7 heteroatoms. The minimum atomic E-state index is -2.60. The topological polar surface area (TPSA) is 34.0 Å². The number of benzene rings is 2. The first kappa shape index (κ1) is 18.6. The molecule has 5 rings (SSSR count). The molecule has 0 unspecified atom stereocenters. The Kier molecular flexibility index (Phi) is 4.80. The number of aromatic nitrogens is 3. The van der Waals surface area contributed by atoms with Crippen molar-refractivity contribution in [2.45, 2.75) is 38.3 Å². The van der Waals surface area contributed by atoms with Crippen LogP contribution in [-0.4, -0.2) is 32.5 Å². The van der Waals surface area contributed by atoms with E-state index in [0.29, 0.717) is 22.8 Å². The van der Waals surface area contributed by atoms with Gasteiger partial charge in [0.15, 0.2) is 0 Å². The number of piperidine rings is 1. The van der Waals surface area contributed by atoms with Gasteiger partial charge >= 0.3 is 6.55 Å². The molecule has 1 aliphatic heterocycles. The smallest absolute Gasteiger partial charge is 0.294 e. The van der Waals surface area contributed by atoms with Gasteiger partial charge in [-0.25, -0.2) is 9.97 Å². The summed E-state index contributed by atoms with van der Waals surface area (Å²) in [6.45, 7) is 1.10. The average Bonchev–Trinajstić information content (AvgIpc) is 3.35. The number of imidazole rings is 1. The van der Waals surface area contributed by atoms with Crippen LogP contribution in [-0.2, 0) is 0 Å². The molecular weight excluding hydrogens is 390 g/mol. The van der Waals surface area contributed by atoms with Crippen molar-refractivity contribution >= 4 is 32.6 Å². The predicted octanol–water partition coefficient (Wildman–Crippen LogP) is 5.98. The number of hydrogen-bond acceptors (Lipinski definition) is 4. The highest BCUT2D eigenvalue weighted by Gasteiger charge is 2.30.